The fourth-order valence-electron chi connectivity index (χ4n) is 9.25. The van der Waals surface area contributed by atoms with Crippen LogP contribution in [-0.4, -0.2) is 54.1 Å². The first-order valence-corrected chi connectivity index (χ1v) is 19.2. The highest BCUT2D eigenvalue weighted by Gasteiger charge is 2.46. The van der Waals surface area contributed by atoms with Crippen molar-refractivity contribution in [2.75, 3.05) is 40.9 Å². The summed E-state index contributed by atoms with van der Waals surface area (Å²) in [5.41, 5.74) is 5.36. The zero-order valence-electron chi connectivity index (χ0n) is 31.5. The maximum atomic E-state index is 14.9. The number of anilines is 3. The van der Waals surface area contributed by atoms with Crippen molar-refractivity contribution in [3.05, 3.63) is 113 Å². The quantitative estimate of drug-likeness (QED) is 0.175. The number of nitrogens with zero attached hydrogens (tertiary/aromatic N) is 5. The number of benzene rings is 3. The van der Waals surface area contributed by atoms with Crippen molar-refractivity contribution in [3.8, 4) is 0 Å². The molecule has 0 saturated carbocycles. The number of halogens is 3. The van der Waals surface area contributed by atoms with Crippen molar-refractivity contribution in [2.45, 2.75) is 102 Å². The smallest absolute Gasteiger partial charge is 0.414 e. The lowest BCUT2D eigenvalue weighted by Gasteiger charge is -2.43. The average Bonchev–Trinajstić information content (AvgIpc) is 3.86. The summed E-state index contributed by atoms with van der Waals surface area (Å²) >= 11 is 0. The van der Waals surface area contributed by atoms with Crippen LogP contribution < -0.4 is 14.7 Å². The standard InChI is InChI=1S/C43H48F3N5O3/c1-27-47-48-40(53-27)29(21-28-10-14-36(45)37(46)22-28)7-5-8-30-25-43(35-23-31(44)11-13-34(30)35)16-19-49(20-17-43)32-12-15-38-39(24-32)50-18-6-9-33(50)26-51(38)41(52)54-42(2,3)4/h5,7,10-15,22-24,29-30,33H,6,8-9,16-21,25-26H2,1-4H3/t29?,30-,33+/m1/s1. The molecule has 1 aliphatic carbocycles. The summed E-state index contributed by atoms with van der Waals surface area (Å²) in [5, 5.41) is 8.23. The number of carbonyl (C=O) groups is 1. The fourth-order valence-corrected chi connectivity index (χ4v) is 9.25. The number of amides is 1. The molecule has 2 saturated heterocycles. The predicted octanol–water partition coefficient (Wildman–Crippen LogP) is 9.52. The number of allylic oxidation sites excluding steroid dienone is 2. The predicted molar refractivity (Wildman–Crippen MR) is 203 cm³/mol. The molecule has 4 aromatic rings. The molecule has 4 heterocycles. The van der Waals surface area contributed by atoms with Crippen LogP contribution in [0.5, 0.6) is 0 Å². The second kappa shape index (κ2) is 14.1. The molecule has 0 N–H and O–H groups in total. The van der Waals surface area contributed by atoms with Gasteiger partial charge in [0.1, 0.15) is 11.4 Å². The molecule has 3 aliphatic heterocycles. The highest BCUT2D eigenvalue weighted by Crippen LogP contribution is 2.54. The summed E-state index contributed by atoms with van der Waals surface area (Å²) < 4.78 is 54.2. The molecule has 11 heteroatoms. The van der Waals surface area contributed by atoms with Gasteiger partial charge in [0.15, 0.2) is 11.6 Å². The summed E-state index contributed by atoms with van der Waals surface area (Å²) in [7, 11) is 0. The van der Waals surface area contributed by atoms with Gasteiger partial charge in [-0.05, 0) is 136 Å². The van der Waals surface area contributed by atoms with Crippen LogP contribution in [-0.2, 0) is 16.6 Å². The molecular formula is C43H48F3N5O3. The number of rotatable bonds is 7. The van der Waals surface area contributed by atoms with Gasteiger partial charge < -0.3 is 19.0 Å². The molecule has 4 aliphatic rings. The summed E-state index contributed by atoms with van der Waals surface area (Å²) in [6.45, 7) is 10.7. The summed E-state index contributed by atoms with van der Waals surface area (Å²) in [6.07, 6.45) is 9.82. The van der Waals surface area contributed by atoms with E-state index < -0.39 is 17.2 Å². The van der Waals surface area contributed by atoms with E-state index in [1.165, 1.54) is 11.6 Å². The molecule has 1 amide bonds. The minimum Gasteiger partial charge on any atom is -0.443 e. The molecule has 8 rings (SSSR count). The Balaban J connectivity index is 0.992. The van der Waals surface area contributed by atoms with Crippen LogP contribution in [0.3, 0.4) is 0 Å². The molecule has 1 spiro atoms. The van der Waals surface area contributed by atoms with Gasteiger partial charge >= 0.3 is 6.09 Å². The lowest BCUT2D eigenvalue weighted by molar-refractivity contribution is 0.0576. The Morgan fingerprint density at radius 1 is 1.00 bits per heavy atom. The number of piperidine rings is 1. The monoisotopic (exact) mass is 739 g/mol. The fraction of sp³-hybridized carbons (Fsp3) is 0.465. The first-order chi connectivity index (χ1) is 25.9. The van der Waals surface area contributed by atoms with E-state index >= 15 is 0 Å². The summed E-state index contributed by atoms with van der Waals surface area (Å²) in [5.74, 6) is -1.24. The summed E-state index contributed by atoms with van der Waals surface area (Å²) in [6, 6.07) is 15.9. The summed E-state index contributed by atoms with van der Waals surface area (Å²) in [4.78, 5) is 20.0. The van der Waals surface area contributed by atoms with E-state index in [2.05, 4.69) is 44.3 Å². The average molecular weight is 740 g/mol. The number of aromatic nitrogens is 2. The third kappa shape index (κ3) is 7.09. The van der Waals surface area contributed by atoms with E-state index in [1.54, 1.807) is 25.1 Å². The molecule has 3 aromatic carbocycles. The van der Waals surface area contributed by atoms with Crippen molar-refractivity contribution in [1.29, 1.82) is 0 Å². The number of hydrogen-bond donors (Lipinski definition) is 0. The third-order valence-corrected chi connectivity index (χ3v) is 11.8. The SMILES string of the molecule is Cc1nnc(C(C=CC[C@@H]2CC3(CCN(c4ccc5c(c4)N4CCC[C@H]4CN5C(=O)OC(C)(C)C)CC3)c3cc(F)ccc32)Cc2ccc(F)c(F)c2)o1. The number of hydrogen-bond acceptors (Lipinski definition) is 7. The minimum atomic E-state index is -0.889. The Kier molecular flexibility index (Phi) is 9.46. The number of carbonyl (C=O) groups excluding carboxylic acids is 1. The van der Waals surface area contributed by atoms with E-state index in [-0.39, 0.29) is 35.2 Å². The van der Waals surface area contributed by atoms with Crippen LogP contribution in [0.25, 0.3) is 0 Å². The zero-order valence-corrected chi connectivity index (χ0v) is 31.5. The Labute approximate surface area is 315 Å². The van der Waals surface area contributed by atoms with Gasteiger partial charge in [-0.15, -0.1) is 10.2 Å². The van der Waals surface area contributed by atoms with Crippen molar-refractivity contribution in [2.24, 2.45) is 0 Å². The first kappa shape index (κ1) is 36.2. The van der Waals surface area contributed by atoms with E-state index in [9.17, 15) is 18.0 Å². The van der Waals surface area contributed by atoms with Crippen molar-refractivity contribution < 1.29 is 27.1 Å². The van der Waals surface area contributed by atoms with Gasteiger partial charge in [-0.2, -0.15) is 0 Å². The van der Waals surface area contributed by atoms with Crippen LogP contribution in [0.4, 0.5) is 35.0 Å². The van der Waals surface area contributed by atoms with Crippen LogP contribution in [0.1, 0.15) is 99.6 Å². The molecule has 8 nitrogen and oxygen atoms in total. The molecule has 0 radical (unpaired) electrons. The molecule has 2 fully saturated rings. The van der Waals surface area contributed by atoms with Crippen molar-refractivity contribution in [3.63, 3.8) is 0 Å². The topological polar surface area (TPSA) is 74.9 Å². The molecule has 0 bridgehead atoms. The Hall–Kier alpha value is -4.80. The van der Waals surface area contributed by atoms with E-state index in [4.69, 9.17) is 9.15 Å². The van der Waals surface area contributed by atoms with Crippen LogP contribution in [0.15, 0.2) is 71.2 Å². The van der Waals surface area contributed by atoms with Gasteiger partial charge in [0.2, 0.25) is 11.8 Å². The molecular weight excluding hydrogens is 691 g/mol. The third-order valence-electron chi connectivity index (χ3n) is 11.8. The second-order valence-corrected chi connectivity index (χ2v) is 16.5. The molecule has 1 unspecified atom stereocenters. The number of aryl methyl sites for hydroxylation is 1. The highest BCUT2D eigenvalue weighted by molar-refractivity contribution is 5.95. The first-order valence-electron chi connectivity index (χ1n) is 19.2. The Bertz CT molecular complexity index is 2070. The molecule has 54 heavy (non-hydrogen) atoms. The lowest BCUT2D eigenvalue weighted by Crippen LogP contribution is -2.49. The highest BCUT2D eigenvalue weighted by atomic mass is 19.2. The van der Waals surface area contributed by atoms with E-state index in [1.807, 2.05) is 37.8 Å². The molecule has 1 aromatic heterocycles. The normalized spacial score (nSPS) is 21.1. The second-order valence-electron chi connectivity index (χ2n) is 16.5. The van der Waals surface area contributed by atoms with Crippen LogP contribution >= 0.6 is 0 Å². The maximum Gasteiger partial charge on any atom is 0.414 e. The van der Waals surface area contributed by atoms with Crippen LogP contribution in [0.2, 0.25) is 0 Å². The van der Waals surface area contributed by atoms with Gasteiger partial charge in [-0.3, -0.25) is 4.90 Å². The van der Waals surface area contributed by atoms with E-state index in [0.717, 1.165) is 86.9 Å². The lowest BCUT2D eigenvalue weighted by atomic mass is 9.73. The van der Waals surface area contributed by atoms with Gasteiger partial charge in [0, 0.05) is 44.8 Å². The van der Waals surface area contributed by atoms with Gasteiger partial charge in [0.25, 0.3) is 0 Å². The molecule has 284 valence electrons. The minimum absolute atomic E-state index is 0.136. The Morgan fingerprint density at radius 3 is 2.56 bits per heavy atom. The van der Waals surface area contributed by atoms with E-state index in [0.29, 0.717) is 30.3 Å². The molecule has 3 atom stereocenters. The van der Waals surface area contributed by atoms with Crippen molar-refractivity contribution in [1.82, 2.24) is 10.2 Å². The van der Waals surface area contributed by atoms with Gasteiger partial charge in [-0.25, -0.2) is 18.0 Å². The largest absolute Gasteiger partial charge is 0.443 e. The zero-order chi connectivity index (χ0) is 37.8. The Morgan fingerprint density at radius 2 is 1.81 bits per heavy atom. The van der Waals surface area contributed by atoms with Crippen molar-refractivity contribution >= 4 is 23.2 Å². The van der Waals surface area contributed by atoms with Crippen LogP contribution in [0, 0.1) is 24.4 Å². The van der Waals surface area contributed by atoms with Gasteiger partial charge in [-0.1, -0.05) is 24.3 Å². The number of fused-ring (bicyclic) bond motifs is 5. The maximum absolute atomic E-state index is 14.9. The number of ether oxygens (including phenoxy) is 1. The van der Waals surface area contributed by atoms with Gasteiger partial charge in [0.05, 0.1) is 17.3 Å².